The lowest BCUT2D eigenvalue weighted by Crippen LogP contribution is -2.38. The molecule has 1 N–H and O–H groups in total. The molecule has 176 valence electrons. The fourth-order valence-corrected chi connectivity index (χ4v) is 5.76. The molecule has 0 fully saturated rings. The van der Waals surface area contributed by atoms with Gasteiger partial charge in [0.15, 0.2) is 0 Å². The third kappa shape index (κ3) is 4.66. The van der Waals surface area contributed by atoms with E-state index in [1.54, 1.807) is 13.0 Å². The van der Waals surface area contributed by atoms with Gasteiger partial charge >= 0.3 is 5.97 Å². The Kier molecular flexibility index (Phi) is 6.68. The summed E-state index contributed by atoms with van der Waals surface area (Å²) in [4.78, 5) is 25.1. The Morgan fingerprint density at radius 3 is 2.47 bits per heavy atom. The van der Waals surface area contributed by atoms with Crippen LogP contribution in [0.5, 0.6) is 0 Å². The van der Waals surface area contributed by atoms with E-state index in [2.05, 4.69) is 42.0 Å². The number of nitrogens with one attached hydrogen (secondary N) is 1. The molecule has 0 unspecified atom stereocenters. The summed E-state index contributed by atoms with van der Waals surface area (Å²) in [6.45, 7) is 9.24. The van der Waals surface area contributed by atoms with Crippen molar-refractivity contribution in [2.45, 2.75) is 47.1 Å². The monoisotopic (exact) mass is 527 g/mol. The fraction of sp³-hybridized carbons (Fsp3) is 0.545. The van der Waals surface area contributed by atoms with Crippen molar-refractivity contribution in [1.29, 1.82) is 0 Å². The van der Waals surface area contributed by atoms with E-state index in [9.17, 15) is 18.0 Å². The zero-order chi connectivity index (χ0) is 24.0. The Bertz CT molecular complexity index is 1190. The number of benzene rings is 1. The second kappa shape index (κ2) is 8.70. The van der Waals surface area contributed by atoms with E-state index in [0.29, 0.717) is 51.0 Å². The second-order valence-corrected chi connectivity index (χ2v) is 12.1. The van der Waals surface area contributed by atoms with Crippen molar-refractivity contribution < 1.29 is 22.7 Å². The molecule has 0 saturated heterocycles. The summed E-state index contributed by atoms with van der Waals surface area (Å²) >= 11 is 3.60. The van der Waals surface area contributed by atoms with Crippen LogP contribution in [0.4, 0.5) is 5.69 Å². The van der Waals surface area contributed by atoms with Gasteiger partial charge in [0.05, 0.1) is 37.5 Å². The summed E-state index contributed by atoms with van der Waals surface area (Å²) in [5.41, 5.74) is 3.05. The third-order valence-electron chi connectivity index (χ3n) is 5.75. The van der Waals surface area contributed by atoms with Crippen molar-refractivity contribution in [2.75, 3.05) is 30.8 Å². The summed E-state index contributed by atoms with van der Waals surface area (Å²) in [5, 5.41) is 3.68. The van der Waals surface area contributed by atoms with Crippen LogP contribution in [0.25, 0.3) is 10.9 Å². The van der Waals surface area contributed by atoms with Gasteiger partial charge in [0.25, 0.3) is 5.91 Å². The van der Waals surface area contributed by atoms with Gasteiger partial charge in [-0.05, 0) is 51.9 Å². The number of hydrogen-bond acceptors (Lipinski definition) is 5. The molecule has 0 aliphatic carbocycles. The van der Waals surface area contributed by atoms with E-state index < -0.39 is 16.0 Å². The maximum atomic E-state index is 13.0. The number of carbonyl (C=O) groups excluding carboxylic acids is 2. The van der Waals surface area contributed by atoms with Crippen LogP contribution in [0.15, 0.2) is 10.5 Å². The molecule has 0 atom stereocenters. The molecule has 0 saturated carbocycles. The minimum absolute atomic E-state index is 0.0122. The van der Waals surface area contributed by atoms with Crippen molar-refractivity contribution in [2.24, 2.45) is 5.41 Å². The highest BCUT2D eigenvalue weighted by Crippen LogP contribution is 2.44. The van der Waals surface area contributed by atoms with E-state index in [4.69, 9.17) is 4.74 Å². The number of nitrogens with zero attached hydrogens (tertiary/aromatic N) is 2. The molecule has 0 radical (unpaired) electrons. The van der Waals surface area contributed by atoms with Gasteiger partial charge in [0.2, 0.25) is 10.0 Å². The highest BCUT2D eigenvalue weighted by molar-refractivity contribution is 9.10. The van der Waals surface area contributed by atoms with Crippen LogP contribution in [-0.2, 0) is 32.5 Å². The number of esters is 1. The molecule has 8 nitrogen and oxygen atoms in total. The molecule has 1 amide bonds. The van der Waals surface area contributed by atoms with Gasteiger partial charge in [-0.1, -0.05) is 20.8 Å². The molecule has 2 heterocycles. The van der Waals surface area contributed by atoms with Crippen molar-refractivity contribution in [3.63, 3.8) is 0 Å². The normalized spacial score (nSPS) is 14.0. The van der Waals surface area contributed by atoms with Crippen LogP contribution < -0.4 is 9.62 Å². The standard InChI is InChI=1S/C22H30BrN3O5S/c1-13-14(12-17(27)31-5)18(23)15-11-16(21(28)24-8-7-22(2,3)4)25-9-10-26(32(6,29)30)19(13)20(15)25/h11H,7-10,12H2,1-6H3,(H,24,28). The fourth-order valence-electron chi connectivity index (χ4n) is 4.05. The van der Waals surface area contributed by atoms with Crippen molar-refractivity contribution in [3.8, 4) is 0 Å². The molecule has 10 heteroatoms. The number of carbonyl (C=O) groups is 2. The van der Waals surface area contributed by atoms with Crippen LogP contribution in [0.2, 0.25) is 0 Å². The smallest absolute Gasteiger partial charge is 0.310 e. The molecule has 0 spiro atoms. The van der Waals surface area contributed by atoms with E-state index in [1.165, 1.54) is 17.7 Å². The Morgan fingerprint density at radius 2 is 1.91 bits per heavy atom. The summed E-state index contributed by atoms with van der Waals surface area (Å²) < 4.78 is 33.9. The van der Waals surface area contributed by atoms with Gasteiger partial charge in [-0.15, -0.1) is 0 Å². The van der Waals surface area contributed by atoms with E-state index >= 15 is 0 Å². The van der Waals surface area contributed by atoms with E-state index in [0.717, 1.165) is 6.42 Å². The molecule has 0 bridgehead atoms. The Labute approximate surface area is 197 Å². The van der Waals surface area contributed by atoms with Crippen LogP contribution in [0.1, 0.15) is 48.8 Å². The van der Waals surface area contributed by atoms with Crippen LogP contribution in [0.3, 0.4) is 0 Å². The van der Waals surface area contributed by atoms with E-state index in [1.807, 2.05) is 4.57 Å². The summed E-state index contributed by atoms with van der Waals surface area (Å²) in [6.07, 6.45) is 1.99. The number of amides is 1. The first-order valence-electron chi connectivity index (χ1n) is 10.4. The van der Waals surface area contributed by atoms with Gasteiger partial charge < -0.3 is 14.6 Å². The van der Waals surface area contributed by atoms with Gasteiger partial charge in [-0.25, -0.2) is 8.42 Å². The number of sulfonamides is 1. The number of ether oxygens (including phenoxy) is 1. The van der Waals surface area contributed by atoms with Gasteiger partial charge in [0.1, 0.15) is 5.69 Å². The topological polar surface area (TPSA) is 97.7 Å². The highest BCUT2D eigenvalue weighted by atomic mass is 79.9. The Hall–Kier alpha value is -2.07. The number of halogens is 1. The summed E-state index contributed by atoms with van der Waals surface area (Å²) in [7, 11) is -2.24. The lowest BCUT2D eigenvalue weighted by molar-refractivity contribution is -0.139. The zero-order valence-corrected chi connectivity index (χ0v) is 21.7. The van der Waals surface area contributed by atoms with Crippen molar-refractivity contribution in [3.05, 3.63) is 27.4 Å². The van der Waals surface area contributed by atoms with Gasteiger partial charge in [-0.2, -0.15) is 0 Å². The summed E-state index contributed by atoms with van der Waals surface area (Å²) in [6, 6.07) is 1.77. The Balaban J connectivity index is 2.20. The molecule has 32 heavy (non-hydrogen) atoms. The SMILES string of the molecule is COC(=O)Cc1c(C)c2c3c(cc(C(=O)NCCC(C)(C)C)n3CCN2S(C)(=O)=O)c1Br. The highest BCUT2D eigenvalue weighted by Gasteiger charge is 2.33. The molecule has 1 aliphatic rings. The predicted molar refractivity (Wildman–Crippen MR) is 129 cm³/mol. The first kappa shape index (κ1) is 24.6. The number of aromatic nitrogens is 1. The number of methoxy groups -OCH3 is 1. The zero-order valence-electron chi connectivity index (χ0n) is 19.3. The number of rotatable bonds is 6. The Morgan fingerprint density at radius 1 is 1.25 bits per heavy atom. The third-order valence-corrected chi connectivity index (χ3v) is 7.82. The minimum atomic E-state index is -3.55. The molecule has 1 aromatic heterocycles. The van der Waals surface area contributed by atoms with Crippen LogP contribution in [0, 0.1) is 12.3 Å². The van der Waals surface area contributed by atoms with Gasteiger partial charge in [0, 0.05) is 22.9 Å². The predicted octanol–water partition coefficient (Wildman–Crippen LogP) is 3.37. The molecule has 2 aromatic rings. The maximum Gasteiger partial charge on any atom is 0.310 e. The average Bonchev–Trinajstić information content (AvgIpc) is 3.07. The lowest BCUT2D eigenvalue weighted by Gasteiger charge is -2.32. The molecule has 1 aromatic carbocycles. The van der Waals surface area contributed by atoms with Gasteiger partial charge in [-0.3, -0.25) is 13.9 Å². The minimum Gasteiger partial charge on any atom is -0.469 e. The van der Waals surface area contributed by atoms with E-state index in [-0.39, 0.29) is 24.3 Å². The molecular weight excluding hydrogens is 498 g/mol. The van der Waals surface area contributed by atoms with Crippen molar-refractivity contribution in [1.82, 2.24) is 9.88 Å². The summed E-state index contributed by atoms with van der Waals surface area (Å²) in [5.74, 6) is -0.634. The van der Waals surface area contributed by atoms with Crippen molar-refractivity contribution >= 4 is 54.4 Å². The molecule has 1 aliphatic heterocycles. The number of anilines is 1. The average molecular weight is 528 g/mol. The second-order valence-electron chi connectivity index (χ2n) is 9.36. The maximum absolute atomic E-state index is 13.0. The largest absolute Gasteiger partial charge is 0.469 e. The lowest BCUT2D eigenvalue weighted by atomic mass is 9.92. The first-order valence-corrected chi connectivity index (χ1v) is 13.1. The molecule has 3 rings (SSSR count). The van der Waals surface area contributed by atoms with Crippen LogP contribution in [-0.4, -0.2) is 51.3 Å². The molecular formula is C22H30BrN3O5S. The first-order chi connectivity index (χ1) is 14.8. The van der Waals surface area contributed by atoms with Crippen LogP contribution >= 0.6 is 15.9 Å². The quantitative estimate of drug-likeness (QED) is 0.580. The number of hydrogen-bond donors (Lipinski definition) is 1.